The molecule has 0 aliphatic carbocycles. The lowest BCUT2D eigenvalue weighted by atomic mass is 10.2. The molecule has 0 aromatic carbocycles. The van der Waals surface area contributed by atoms with Gasteiger partial charge in [-0.2, -0.15) is 0 Å². The SMILES string of the molecule is Cc1ccc(C(C)NCC(O)COCc2ccco2)o1. The fourth-order valence-corrected chi connectivity index (χ4v) is 1.85. The van der Waals surface area contributed by atoms with Gasteiger partial charge >= 0.3 is 0 Å². The van der Waals surface area contributed by atoms with Crippen LogP contribution < -0.4 is 5.32 Å². The topological polar surface area (TPSA) is 67.8 Å². The monoisotopic (exact) mass is 279 g/mol. The van der Waals surface area contributed by atoms with E-state index >= 15 is 0 Å². The van der Waals surface area contributed by atoms with Gasteiger partial charge in [0.1, 0.15) is 23.9 Å². The summed E-state index contributed by atoms with van der Waals surface area (Å²) >= 11 is 0. The third-order valence-electron chi connectivity index (χ3n) is 2.98. The molecule has 0 aliphatic rings. The van der Waals surface area contributed by atoms with Gasteiger partial charge in [-0.05, 0) is 38.1 Å². The number of hydrogen-bond acceptors (Lipinski definition) is 5. The lowest BCUT2D eigenvalue weighted by Crippen LogP contribution is -2.32. The summed E-state index contributed by atoms with van der Waals surface area (Å²) in [5.74, 6) is 2.51. The number of aliphatic hydroxyl groups excluding tert-OH is 1. The highest BCUT2D eigenvalue weighted by atomic mass is 16.5. The van der Waals surface area contributed by atoms with Crippen LogP contribution in [0.1, 0.15) is 30.2 Å². The molecule has 0 saturated carbocycles. The summed E-state index contributed by atoms with van der Waals surface area (Å²) in [6, 6.07) is 7.57. The predicted octanol–water partition coefficient (Wildman–Crippen LogP) is 2.41. The van der Waals surface area contributed by atoms with Crippen LogP contribution in [0.2, 0.25) is 0 Å². The fraction of sp³-hybridized carbons (Fsp3) is 0.467. The number of furan rings is 2. The van der Waals surface area contributed by atoms with Crippen molar-refractivity contribution in [3.8, 4) is 0 Å². The standard InChI is InChI=1S/C15H21NO4/c1-11-5-6-15(20-11)12(2)16-8-13(17)9-18-10-14-4-3-7-19-14/h3-7,12-13,16-17H,8-10H2,1-2H3. The maximum Gasteiger partial charge on any atom is 0.129 e. The van der Waals surface area contributed by atoms with E-state index in [0.717, 1.165) is 17.3 Å². The highest BCUT2D eigenvalue weighted by Crippen LogP contribution is 2.15. The van der Waals surface area contributed by atoms with Crippen LogP contribution >= 0.6 is 0 Å². The average Bonchev–Trinajstić information content (AvgIpc) is 3.07. The molecule has 0 aliphatic heterocycles. The minimum atomic E-state index is -0.566. The smallest absolute Gasteiger partial charge is 0.129 e. The Kier molecular flexibility index (Phi) is 5.40. The normalized spacial score (nSPS) is 14.3. The average molecular weight is 279 g/mol. The second-order valence-electron chi connectivity index (χ2n) is 4.83. The summed E-state index contributed by atoms with van der Waals surface area (Å²) in [4.78, 5) is 0. The van der Waals surface area contributed by atoms with E-state index in [1.165, 1.54) is 0 Å². The third kappa shape index (κ3) is 4.52. The Balaban J connectivity index is 1.63. The van der Waals surface area contributed by atoms with Gasteiger partial charge in [0.2, 0.25) is 0 Å². The summed E-state index contributed by atoms with van der Waals surface area (Å²) in [6.45, 7) is 4.98. The van der Waals surface area contributed by atoms with Crippen LogP contribution in [0.25, 0.3) is 0 Å². The molecule has 2 N–H and O–H groups in total. The Hall–Kier alpha value is -1.56. The molecule has 2 rings (SSSR count). The van der Waals surface area contributed by atoms with Crippen LogP contribution in [-0.4, -0.2) is 24.4 Å². The molecule has 0 saturated heterocycles. The summed E-state index contributed by atoms with van der Waals surface area (Å²) in [5.41, 5.74) is 0. The van der Waals surface area contributed by atoms with Gasteiger partial charge < -0.3 is 24.0 Å². The minimum Gasteiger partial charge on any atom is -0.467 e. The van der Waals surface area contributed by atoms with Crippen molar-refractivity contribution in [2.24, 2.45) is 0 Å². The molecule has 2 atom stereocenters. The van der Waals surface area contributed by atoms with Crippen molar-refractivity contribution < 1.29 is 18.7 Å². The summed E-state index contributed by atoms with van der Waals surface area (Å²) in [7, 11) is 0. The van der Waals surface area contributed by atoms with Crippen LogP contribution in [0.5, 0.6) is 0 Å². The first kappa shape index (κ1) is 14.8. The largest absolute Gasteiger partial charge is 0.467 e. The van der Waals surface area contributed by atoms with Crippen molar-refractivity contribution in [3.05, 3.63) is 47.8 Å². The van der Waals surface area contributed by atoms with Gasteiger partial charge in [-0.25, -0.2) is 0 Å². The van der Waals surface area contributed by atoms with Gasteiger partial charge in [-0.3, -0.25) is 0 Å². The van der Waals surface area contributed by atoms with E-state index in [9.17, 15) is 5.11 Å². The molecule has 2 aromatic heterocycles. The molecule has 5 heteroatoms. The minimum absolute atomic E-state index is 0.0587. The van der Waals surface area contributed by atoms with Gasteiger partial charge in [0, 0.05) is 6.54 Å². The number of aliphatic hydroxyl groups is 1. The molecular formula is C15H21NO4. The number of hydrogen-bond donors (Lipinski definition) is 2. The molecule has 0 spiro atoms. The molecule has 2 unspecified atom stereocenters. The Morgan fingerprint density at radius 3 is 2.85 bits per heavy atom. The Bertz CT molecular complexity index is 492. The predicted molar refractivity (Wildman–Crippen MR) is 74.2 cm³/mol. The van der Waals surface area contributed by atoms with Crippen LogP contribution in [0.4, 0.5) is 0 Å². The molecule has 0 fully saturated rings. The van der Waals surface area contributed by atoms with Crippen LogP contribution in [-0.2, 0) is 11.3 Å². The van der Waals surface area contributed by atoms with Crippen molar-refractivity contribution >= 4 is 0 Å². The first-order valence-corrected chi connectivity index (χ1v) is 6.73. The van der Waals surface area contributed by atoms with Gasteiger partial charge in [0.25, 0.3) is 0 Å². The van der Waals surface area contributed by atoms with Crippen LogP contribution in [0, 0.1) is 6.92 Å². The molecule has 5 nitrogen and oxygen atoms in total. The Morgan fingerprint density at radius 1 is 1.35 bits per heavy atom. The summed E-state index contributed by atoms with van der Waals surface area (Å²) < 4.78 is 16.0. The van der Waals surface area contributed by atoms with Crippen molar-refractivity contribution in [3.63, 3.8) is 0 Å². The van der Waals surface area contributed by atoms with Crippen LogP contribution in [0.3, 0.4) is 0 Å². The van der Waals surface area contributed by atoms with E-state index in [2.05, 4.69) is 5.32 Å². The van der Waals surface area contributed by atoms with E-state index in [-0.39, 0.29) is 12.6 Å². The van der Waals surface area contributed by atoms with Crippen LogP contribution in [0.15, 0.2) is 39.4 Å². The lowest BCUT2D eigenvalue weighted by molar-refractivity contribution is 0.0215. The summed E-state index contributed by atoms with van der Waals surface area (Å²) in [6.07, 6.45) is 1.03. The second-order valence-corrected chi connectivity index (χ2v) is 4.83. The van der Waals surface area contributed by atoms with Gasteiger partial charge in [-0.1, -0.05) is 0 Å². The summed E-state index contributed by atoms with van der Waals surface area (Å²) in [5, 5.41) is 13.0. The van der Waals surface area contributed by atoms with Crippen molar-refractivity contribution in [1.29, 1.82) is 0 Å². The molecule has 0 bridgehead atoms. The lowest BCUT2D eigenvalue weighted by Gasteiger charge is -2.15. The van der Waals surface area contributed by atoms with E-state index in [0.29, 0.717) is 13.2 Å². The van der Waals surface area contributed by atoms with Gasteiger partial charge in [0.05, 0.1) is 25.0 Å². The Morgan fingerprint density at radius 2 is 2.20 bits per heavy atom. The molecule has 20 heavy (non-hydrogen) atoms. The molecule has 0 amide bonds. The molecule has 0 radical (unpaired) electrons. The number of rotatable bonds is 8. The van der Waals surface area contributed by atoms with Crippen molar-refractivity contribution in [1.82, 2.24) is 5.32 Å². The first-order valence-electron chi connectivity index (χ1n) is 6.73. The van der Waals surface area contributed by atoms with Crippen molar-refractivity contribution in [2.75, 3.05) is 13.2 Å². The quantitative estimate of drug-likeness (QED) is 0.776. The first-order chi connectivity index (χ1) is 9.65. The molecule has 2 heterocycles. The van der Waals surface area contributed by atoms with E-state index in [4.69, 9.17) is 13.6 Å². The number of nitrogens with one attached hydrogen (secondary N) is 1. The zero-order chi connectivity index (χ0) is 14.4. The van der Waals surface area contributed by atoms with Gasteiger partial charge in [-0.15, -0.1) is 0 Å². The van der Waals surface area contributed by atoms with Crippen molar-refractivity contribution in [2.45, 2.75) is 32.6 Å². The molecule has 110 valence electrons. The Labute approximate surface area is 118 Å². The molecule has 2 aromatic rings. The maximum absolute atomic E-state index is 9.83. The van der Waals surface area contributed by atoms with Gasteiger partial charge in [0.15, 0.2) is 0 Å². The number of ether oxygens (including phenoxy) is 1. The van der Waals surface area contributed by atoms with E-state index < -0.39 is 6.10 Å². The second kappa shape index (κ2) is 7.28. The third-order valence-corrected chi connectivity index (χ3v) is 2.98. The highest BCUT2D eigenvalue weighted by Gasteiger charge is 2.11. The maximum atomic E-state index is 9.83. The van der Waals surface area contributed by atoms with E-state index in [1.807, 2.05) is 38.1 Å². The zero-order valence-electron chi connectivity index (χ0n) is 11.8. The molecular weight excluding hydrogens is 258 g/mol. The zero-order valence-corrected chi connectivity index (χ0v) is 11.8. The van der Waals surface area contributed by atoms with E-state index in [1.54, 1.807) is 6.26 Å². The number of aryl methyl sites for hydroxylation is 1. The highest BCUT2D eigenvalue weighted by molar-refractivity contribution is 5.08. The fourth-order valence-electron chi connectivity index (χ4n) is 1.85.